The molecule has 0 radical (unpaired) electrons. The van der Waals surface area contributed by atoms with Crippen LogP contribution < -0.4 is 19.9 Å². The summed E-state index contributed by atoms with van der Waals surface area (Å²) in [6, 6.07) is 29.3. The number of imide groups is 2. The zero-order valence-corrected chi connectivity index (χ0v) is 25.7. The first-order valence-corrected chi connectivity index (χ1v) is 15.5. The minimum absolute atomic E-state index is 0.0983. The molecule has 0 spiro atoms. The number of barbiturate groups is 1. The third-order valence-electron chi connectivity index (χ3n) is 8.85. The number of carbonyl (C=O) groups excluding carboxylic acids is 3. The lowest BCUT2D eigenvalue weighted by molar-refractivity contribution is -0.122. The Kier molecular flexibility index (Phi) is 7.30. The fraction of sp³-hybridized carbons (Fsp3) is 0.194. The lowest BCUT2D eigenvalue weighted by Gasteiger charge is -2.44. The van der Waals surface area contributed by atoms with Crippen molar-refractivity contribution in [2.24, 2.45) is 0 Å². The molecule has 1 N–H and O–H groups in total. The molecule has 0 bridgehead atoms. The Morgan fingerprint density at radius 3 is 1.98 bits per heavy atom. The number of benzene rings is 4. The third kappa shape index (κ3) is 4.89. The number of methoxy groups -OCH3 is 1. The number of hydrogen-bond donors (Lipinski definition) is 1. The van der Waals surface area contributed by atoms with Crippen LogP contribution >= 0.6 is 15.9 Å². The topological polar surface area (TPSA) is 79.0 Å². The Morgan fingerprint density at radius 1 is 0.818 bits per heavy atom. The molecular formula is C36H30BrN3O4. The fourth-order valence-corrected chi connectivity index (χ4v) is 7.21. The van der Waals surface area contributed by atoms with Crippen molar-refractivity contribution < 1.29 is 19.1 Å². The first-order valence-electron chi connectivity index (χ1n) is 14.7. The lowest BCUT2D eigenvalue weighted by Crippen LogP contribution is -2.54. The van der Waals surface area contributed by atoms with Crippen LogP contribution in [0.15, 0.2) is 101 Å². The van der Waals surface area contributed by atoms with Crippen LogP contribution in [-0.2, 0) is 9.59 Å². The fourth-order valence-electron chi connectivity index (χ4n) is 6.83. The number of hydrogen-bond acceptors (Lipinski definition) is 5. The third-order valence-corrected chi connectivity index (χ3v) is 9.34. The van der Waals surface area contributed by atoms with Crippen LogP contribution in [0.25, 0.3) is 6.08 Å². The van der Waals surface area contributed by atoms with E-state index in [2.05, 4.69) is 50.4 Å². The van der Waals surface area contributed by atoms with Crippen molar-refractivity contribution in [2.75, 3.05) is 30.0 Å². The van der Waals surface area contributed by atoms with Gasteiger partial charge in [0.2, 0.25) is 0 Å². The van der Waals surface area contributed by atoms with Crippen molar-refractivity contribution in [3.63, 3.8) is 0 Å². The number of nitrogens with zero attached hydrogens (tertiary/aromatic N) is 2. The monoisotopic (exact) mass is 647 g/mol. The molecule has 7 nitrogen and oxygen atoms in total. The Bertz CT molecular complexity index is 1750. The van der Waals surface area contributed by atoms with Gasteiger partial charge in [-0.2, -0.15) is 0 Å². The molecule has 0 saturated carbocycles. The lowest BCUT2D eigenvalue weighted by atomic mass is 9.76. The number of carbonyl (C=O) groups is 3. The smallest absolute Gasteiger partial charge is 0.335 e. The summed E-state index contributed by atoms with van der Waals surface area (Å²) >= 11 is 3.45. The van der Waals surface area contributed by atoms with Crippen molar-refractivity contribution in [2.45, 2.75) is 24.7 Å². The highest BCUT2D eigenvalue weighted by atomic mass is 79.9. The van der Waals surface area contributed by atoms with Gasteiger partial charge in [-0.05, 0) is 71.5 Å². The summed E-state index contributed by atoms with van der Waals surface area (Å²) in [6.07, 6.45) is 3.31. The summed E-state index contributed by atoms with van der Waals surface area (Å²) < 4.78 is 6.23. The molecule has 220 valence electrons. The molecule has 0 aliphatic carbocycles. The molecule has 1 saturated heterocycles. The van der Waals surface area contributed by atoms with E-state index in [0.717, 1.165) is 46.4 Å². The van der Waals surface area contributed by atoms with Gasteiger partial charge in [0.05, 0.1) is 12.8 Å². The van der Waals surface area contributed by atoms with E-state index >= 15 is 0 Å². The van der Waals surface area contributed by atoms with Crippen LogP contribution in [-0.4, -0.2) is 38.0 Å². The SMILES string of the molecule is COc1ccc(Br)cc1/C=C1\C(=O)NC(=O)N(c2cc3c4c(c2)[C@@H](c2ccccc2)CCN4CC[C@@H]3c2ccccc2)C1=O. The average Bonchev–Trinajstić information content (AvgIpc) is 3.04. The second-order valence-corrected chi connectivity index (χ2v) is 12.2. The number of rotatable bonds is 5. The summed E-state index contributed by atoms with van der Waals surface area (Å²) in [6.45, 7) is 1.86. The first kappa shape index (κ1) is 28.1. The summed E-state index contributed by atoms with van der Waals surface area (Å²) in [5.74, 6) is -0.723. The van der Waals surface area contributed by atoms with Gasteiger partial charge in [0, 0.05) is 40.6 Å². The van der Waals surface area contributed by atoms with Crippen molar-refractivity contribution in [1.29, 1.82) is 0 Å². The first-order chi connectivity index (χ1) is 21.4. The molecule has 0 unspecified atom stereocenters. The van der Waals surface area contributed by atoms with Crippen LogP contribution in [0.5, 0.6) is 5.75 Å². The Morgan fingerprint density at radius 2 is 1.41 bits per heavy atom. The Hall–Kier alpha value is -4.69. The molecule has 2 atom stereocenters. The highest BCUT2D eigenvalue weighted by molar-refractivity contribution is 9.10. The number of amides is 4. The molecule has 3 aliphatic heterocycles. The predicted octanol–water partition coefficient (Wildman–Crippen LogP) is 7.00. The molecule has 44 heavy (non-hydrogen) atoms. The van der Waals surface area contributed by atoms with Gasteiger partial charge in [0.15, 0.2) is 0 Å². The molecule has 8 heteroatoms. The van der Waals surface area contributed by atoms with Gasteiger partial charge >= 0.3 is 6.03 Å². The van der Waals surface area contributed by atoms with Gasteiger partial charge in [0.25, 0.3) is 11.8 Å². The minimum atomic E-state index is -0.762. The number of halogens is 1. The van der Waals surface area contributed by atoms with E-state index in [1.54, 1.807) is 12.1 Å². The molecule has 4 aromatic carbocycles. The minimum Gasteiger partial charge on any atom is -0.496 e. The normalized spacial score (nSPS) is 20.4. The molecule has 7 rings (SSSR count). The van der Waals surface area contributed by atoms with E-state index < -0.39 is 17.8 Å². The summed E-state index contributed by atoms with van der Waals surface area (Å²) in [7, 11) is 1.53. The van der Waals surface area contributed by atoms with Gasteiger partial charge in [-0.15, -0.1) is 0 Å². The summed E-state index contributed by atoms with van der Waals surface area (Å²) in [4.78, 5) is 44.1. The number of ether oxygens (including phenoxy) is 1. The summed E-state index contributed by atoms with van der Waals surface area (Å²) in [5, 5.41) is 2.40. The second-order valence-electron chi connectivity index (χ2n) is 11.3. The zero-order chi connectivity index (χ0) is 30.4. The molecule has 3 aliphatic rings. The van der Waals surface area contributed by atoms with Gasteiger partial charge in [-0.25, -0.2) is 9.69 Å². The molecule has 4 aromatic rings. The zero-order valence-electron chi connectivity index (χ0n) is 24.1. The van der Waals surface area contributed by atoms with Crippen LogP contribution in [0.3, 0.4) is 0 Å². The molecule has 4 amide bonds. The maximum atomic E-state index is 14.1. The highest BCUT2D eigenvalue weighted by Crippen LogP contribution is 2.50. The maximum Gasteiger partial charge on any atom is 0.335 e. The quantitative estimate of drug-likeness (QED) is 0.186. The van der Waals surface area contributed by atoms with Crippen LogP contribution in [0, 0.1) is 0 Å². The van der Waals surface area contributed by atoms with Crippen molar-refractivity contribution in [1.82, 2.24) is 5.32 Å². The van der Waals surface area contributed by atoms with Crippen LogP contribution in [0.4, 0.5) is 16.2 Å². The van der Waals surface area contributed by atoms with Gasteiger partial charge in [-0.3, -0.25) is 14.9 Å². The van der Waals surface area contributed by atoms with Crippen molar-refractivity contribution >= 4 is 51.2 Å². The molecule has 3 heterocycles. The second kappa shape index (κ2) is 11.4. The van der Waals surface area contributed by atoms with Crippen molar-refractivity contribution in [3.05, 3.63) is 129 Å². The largest absolute Gasteiger partial charge is 0.496 e. The predicted molar refractivity (Wildman–Crippen MR) is 174 cm³/mol. The van der Waals surface area contributed by atoms with Gasteiger partial charge in [-0.1, -0.05) is 76.6 Å². The van der Waals surface area contributed by atoms with E-state index in [1.165, 1.54) is 30.0 Å². The Balaban J connectivity index is 1.40. The standard InChI is InChI=1S/C36H30BrN3O4/c1-44-32-13-12-25(37)18-24(32)19-31-34(41)38-36(43)40(35(31)42)26-20-29-27(22-8-4-2-5-9-22)14-16-39-17-15-28(30(21-26)33(29)39)23-10-6-3-7-11-23/h2-13,18-21,27-28H,14-17H2,1H3,(H,38,41,43)/b31-19+/t27-,28-/m1/s1. The Labute approximate surface area is 264 Å². The number of anilines is 2. The van der Waals surface area contributed by atoms with Crippen LogP contribution in [0.1, 0.15) is 52.5 Å². The average molecular weight is 649 g/mol. The van der Waals surface area contributed by atoms with E-state index in [-0.39, 0.29) is 17.4 Å². The number of urea groups is 1. The number of nitrogens with one attached hydrogen (secondary N) is 1. The molecule has 1 fully saturated rings. The maximum absolute atomic E-state index is 14.1. The van der Waals surface area contributed by atoms with Gasteiger partial charge < -0.3 is 9.64 Å². The summed E-state index contributed by atoms with van der Waals surface area (Å²) in [5.41, 5.74) is 6.60. The van der Waals surface area contributed by atoms with E-state index in [0.29, 0.717) is 17.0 Å². The van der Waals surface area contributed by atoms with Crippen molar-refractivity contribution in [3.8, 4) is 5.75 Å². The van der Waals surface area contributed by atoms with Crippen LogP contribution in [0.2, 0.25) is 0 Å². The molecule has 0 aromatic heterocycles. The highest BCUT2D eigenvalue weighted by Gasteiger charge is 2.40. The van der Waals surface area contributed by atoms with E-state index in [9.17, 15) is 14.4 Å². The van der Waals surface area contributed by atoms with E-state index in [1.807, 2.05) is 54.6 Å². The van der Waals surface area contributed by atoms with E-state index in [4.69, 9.17) is 4.74 Å². The van der Waals surface area contributed by atoms with Gasteiger partial charge in [0.1, 0.15) is 11.3 Å². The molecular weight excluding hydrogens is 618 g/mol.